The highest BCUT2D eigenvalue weighted by molar-refractivity contribution is 7.89. The van der Waals surface area contributed by atoms with E-state index in [2.05, 4.69) is 21.6 Å². The summed E-state index contributed by atoms with van der Waals surface area (Å²) in [7, 11) is -1.38. The lowest BCUT2D eigenvalue weighted by Crippen LogP contribution is -2.44. The van der Waals surface area contributed by atoms with Crippen molar-refractivity contribution in [3.8, 4) is 5.75 Å². The standard InChI is InChI=1S/C14H21N3O3S/c1-11-10-20-13-9-12(17-7-5-16(2)6-8-17)3-4-14(13)21(18,19)15-11/h3-4,9,11,15H,5-8,10H2,1-2H3/t11-/m1/s1. The van der Waals surface area contributed by atoms with Crippen LogP contribution in [0.25, 0.3) is 0 Å². The van der Waals surface area contributed by atoms with E-state index in [1.54, 1.807) is 13.0 Å². The van der Waals surface area contributed by atoms with E-state index in [0.717, 1.165) is 31.9 Å². The fourth-order valence-electron chi connectivity index (χ4n) is 2.67. The van der Waals surface area contributed by atoms with Crippen LogP contribution in [0.3, 0.4) is 0 Å². The first kappa shape index (κ1) is 14.6. The minimum Gasteiger partial charge on any atom is -0.490 e. The number of likely N-dealkylation sites (N-methyl/N-ethyl adjacent to an activating group) is 1. The topological polar surface area (TPSA) is 61.9 Å². The van der Waals surface area contributed by atoms with E-state index in [-0.39, 0.29) is 10.9 Å². The molecule has 0 amide bonds. The predicted octanol–water partition coefficient (Wildman–Crippen LogP) is 0.498. The van der Waals surface area contributed by atoms with Crippen LogP contribution in [-0.4, -0.2) is 59.2 Å². The minimum absolute atomic E-state index is 0.227. The van der Waals surface area contributed by atoms with Gasteiger partial charge < -0.3 is 14.5 Å². The van der Waals surface area contributed by atoms with E-state index in [9.17, 15) is 8.42 Å². The number of nitrogens with one attached hydrogen (secondary N) is 1. The number of fused-ring (bicyclic) bond motifs is 1. The van der Waals surface area contributed by atoms with Gasteiger partial charge >= 0.3 is 0 Å². The van der Waals surface area contributed by atoms with E-state index in [0.29, 0.717) is 12.4 Å². The van der Waals surface area contributed by atoms with Gasteiger partial charge in [0.05, 0.1) is 6.04 Å². The molecule has 1 fully saturated rings. The van der Waals surface area contributed by atoms with Gasteiger partial charge in [0, 0.05) is 37.9 Å². The number of piperazine rings is 1. The lowest BCUT2D eigenvalue weighted by Gasteiger charge is -2.34. The van der Waals surface area contributed by atoms with Crippen LogP contribution in [0, 0.1) is 0 Å². The summed E-state index contributed by atoms with van der Waals surface area (Å²) in [6.07, 6.45) is 0. The summed E-state index contributed by atoms with van der Waals surface area (Å²) in [5.74, 6) is 0.447. The van der Waals surface area contributed by atoms with Gasteiger partial charge in [-0.15, -0.1) is 0 Å². The Morgan fingerprint density at radius 3 is 2.67 bits per heavy atom. The molecule has 0 unspecified atom stereocenters. The van der Waals surface area contributed by atoms with Crippen LogP contribution in [0.4, 0.5) is 5.69 Å². The first-order valence-corrected chi connectivity index (χ1v) is 8.67. The summed E-state index contributed by atoms with van der Waals surface area (Å²) in [6.45, 7) is 6.04. The summed E-state index contributed by atoms with van der Waals surface area (Å²) in [5.41, 5.74) is 1.02. The number of anilines is 1. The SMILES string of the molecule is C[C@@H]1COc2cc(N3CCN(C)CC3)ccc2S(=O)(=O)N1. The molecule has 2 aliphatic heterocycles. The molecular formula is C14H21N3O3S. The maximum Gasteiger partial charge on any atom is 0.244 e. The van der Waals surface area contributed by atoms with Crippen LogP contribution in [0.15, 0.2) is 23.1 Å². The van der Waals surface area contributed by atoms with Gasteiger partial charge in [0.25, 0.3) is 0 Å². The van der Waals surface area contributed by atoms with Gasteiger partial charge in [-0.05, 0) is 26.1 Å². The van der Waals surface area contributed by atoms with Crippen molar-refractivity contribution in [2.75, 3.05) is 44.7 Å². The Morgan fingerprint density at radius 2 is 1.95 bits per heavy atom. The fourth-order valence-corrected chi connectivity index (χ4v) is 4.02. The molecule has 6 nitrogen and oxygen atoms in total. The second-order valence-corrected chi connectivity index (χ2v) is 7.44. The van der Waals surface area contributed by atoms with Gasteiger partial charge in [-0.3, -0.25) is 0 Å². The number of hydrogen-bond acceptors (Lipinski definition) is 5. The molecule has 1 atom stereocenters. The van der Waals surface area contributed by atoms with Crippen molar-refractivity contribution >= 4 is 15.7 Å². The predicted molar refractivity (Wildman–Crippen MR) is 81.4 cm³/mol. The first-order valence-electron chi connectivity index (χ1n) is 7.18. The van der Waals surface area contributed by atoms with Crippen LogP contribution in [0.1, 0.15) is 6.92 Å². The lowest BCUT2D eigenvalue weighted by atomic mass is 10.2. The Morgan fingerprint density at radius 1 is 1.24 bits per heavy atom. The molecule has 1 N–H and O–H groups in total. The van der Waals surface area contributed by atoms with E-state index in [1.807, 2.05) is 12.1 Å². The molecule has 2 heterocycles. The van der Waals surface area contributed by atoms with Gasteiger partial charge in [-0.2, -0.15) is 0 Å². The van der Waals surface area contributed by atoms with Crippen molar-refractivity contribution < 1.29 is 13.2 Å². The van der Waals surface area contributed by atoms with Gasteiger partial charge in [-0.25, -0.2) is 13.1 Å². The van der Waals surface area contributed by atoms with E-state index >= 15 is 0 Å². The molecule has 0 aliphatic carbocycles. The molecule has 1 saturated heterocycles. The van der Waals surface area contributed by atoms with Crippen molar-refractivity contribution in [2.45, 2.75) is 17.9 Å². The third-order valence-corrected chi connectivity index (χ3v) is 5.56. The van der Waals surface area contributed by atoms with Crippen LogP contribution in [0.5, 0.6) is 5.75 Å². The quantitative estimate of drug-likeness (QED) is 0.818. The van der Waals surface area contributed by atoms with Gasteiger partial charge in [0.2, 0.25) is 10.0 Å². The van der Waals surface area contributed by atoms with E-state index < -0.39 is 10.0 Å². The second-order valence-electron chi connectivity index (χ2n) is 5.75. The average molecular weight is 311 g/mol. The van der Waals surface area contributed by atoms with Gasteiger partial charge in [0.15, 0.2) is 0 Å². The van der Waals surface area contributed by atoms with E-state index in [4.69, 9.17) is 4.74 Å². The third kappa shape index (κ3) is 3.00. The Balaban J connectivity index is 1.91. The Hall–Kier alpha value is -1.31. The molecule has 0 bridgehead atoms. The first-order chi connectivity index (χ1) is 9.95. The molecule has 0 spiro atoms. The number of benzene rings is 1. The number of hydrogen-bond donors (Lipinski definition) is 1. The molecule has 2 aliphatic rings. The Labute approximate surface area is 125 Å². The highest BCUT2D eigenvalue weighted by Crippen LogP contribution is 2.31. The summed E-state index contributed by atoms with van der Waals surface area (Å²) in [6, 6.07) is 5.12. The van der Waals surface area contributed by atoms with Crippen molar-refractivity contribution in [3.05, 3.63) is 18.2 Å². The fraction of sp³-hybridized carbons (Fsp3) is 0.571. The van der Waals surface area contributed by atoms with Crippen molar-refractivity contribution in [1.29, 1.82) is 0 Å². The van der Waals surface area contributed by atoms with Crippen molar-refractivity contribution in [3.63, 3.8) is 0 Å². The molecule has 116 valence electrons. The van der Waals surface area contributed by atoms with Gasteiger partial charge in [-0.1, -0.05) is 0 Å². The summed E-state index contributed by atoms with van der Waals surface area (Å²) >= 11 is 0. The molecule has 1 aromatic carbocycles. The number of rotatable bonds is 1. The summed E-state index contributed by atoms with van der Waals surface area (Å²) in [5, 5.41) is 0. The van der Waals surface area contributed by atoms with E-state index in [1.165, 1.54) is 0 Å². The Bertz CT molecular complexity index is 624. The largest absolute Gasteiger partial charge is 0.490 e. The zero-order chi connectivity index (χ0) is 15.0. The highest BCUT2D eigenvalue weighted by Gasteiger charge is 2.27. The zero-order valence-corrected chi connectivity index (χ0v) is 13.2. The van der Waals surface area contributed by atoms with Crippen LogP contribution >= 0.6 is 0 Å². The zero-order valence-electron chi connectivity index (χ0n) is 12.4. The third-order valence-electron chi connectivity index (χ3n) is 3.93. The van der Waals surface area contributed by atoms with Crippen molar-refractivity contribution in [2.24, 2.45) is 0 Å². The second kappa shape index (κ2) is 5.47. The smallest absolute Gasteiger partial charge is 0.244 e. The van der Waals surface area contributed by atoms with Crippen molar-refractivity contribution in [1.82, 2.24) is 9.62 Å². The van der Waals surface area contributed by atoms with Crippen LogP contribution in [-0.2, 0) is 10.0 Å². The molecule has 7 heteroatoms. The average Bonchev–Trinajstić information content (AvgIpc) is 2.55. The lowest BCUT2D eigenvalue weighted by molar-refractivity contribution is 0.288. The summed E-state index contributed by atoms with van der Waals surface area (Å²) in [4.78, 5) is 4.77. The summed E-state index contributed by atoms with van der Waals surface area (Å²) < 4.78 is 32.7. The molecule has 0 radical (unpaired) electrons. The molecule has 1 aromatic rings. The number of nitrogens with zero attached hydrogens (tertiary/aromatic N) is 2. The maximum atomic E-state index is 12.2. The molecule has 0 saturated carbocycles. The molecule has 0 aromatic heterocycles. The number of ether oxygens (including phenoxy) is 1. The minimum atomic E-state index is -3.49. The molecule has 3 rings (SSSR count). The van der Waals surface area contributed by atoms with Crippen LogP contribution < -0.4 is 14.4 Å². The monoisotopic (exact) mass is 311 g/mol. The van der Waals surface area contributed by atoms with Gasteiger partial charge in [0.1, 0.15) is 17.3 Å². The normalized spacial score (nSPS) is 25.8. The number of sulfonamides is 1. The molecule has 21 heavy (non-hydrogen) atoms. The highest BCUT2D eigenvalue weighted by atomic mass is 32.2. The Kier molecular flexibility index (Phi) is 3.81. The van der Waals surface area contributed by atoms with Crippen LogP contribution in [0.2, 0.25) is 0 Å². The maximum absolute atomic E-state index is 12.2. The molecular weight excluding hydrogens is 290 g/mol.